The van der Waals surface area contributed by atoms with Gasteiger partial charge in [-0.2, -0.15) is 0 Å². The molecule has 1 atom stereocenters. The molecule has 1 spiro atoms. The number of amides is 1. The molecule has 0 saturated carbocycles. The zero-order valence-electron chi connectivity index (χ0n) is 17.7. The number of likely N-dealkylation sites (tertiary alicyclic amines) is 1. The second-order valence-corrected chi connectivity index (χ2v) is 9.10. The van der Waals surface area contributed by atoms with Gasteiger partial charge < -0.3 is 14.7 Å². The maximum absolute atomic E-state index is 13.7. The lowest BCUT2D eigenvalue weighted by atomic mass is 9.73. The van der Waals surface area contributed by atoms with Crippen LogP contribution >= 0.6 is 0 Å². The third kappa shape index (κ3) is 4.22. The molecule has 156 valence electrons. The van der Waals surface area contributed by atoms with Gasteiger partial charge in [0.15, 0.2) is 0 Å². The SMILES string of the molecule is Cc1cc(N2CCC[C@@]3(CCC(=O)N(CCN(C)C)C3)C2)nc2cc(F)ccc12. The van der Waals surface area contributed by atoms with E-state index in [4.69, 9.17) is 4.98 Å². The number of pyridine rings is 1. The molecule has 5 nitrogen and oxygen atoms in total. The molecule has 0 aliphatic carbocycles. The molecule has 0 bridgehead atoms. The van der Waals surface area contributed by atoms with Crippen molar-refractivity contribution in [3.05, 3.63) is 35.6 Å². The van der Waals surface area contributed by atoms with E-state index in [0.717, 1.165) is 68.8 Å². The third-order valence-electron chi connectivity index (χ3n) is 6.52. The van der Waals surface area contributed by atoms with Crippen LogP contribution in [0, 0.1) is 18.2 Å². The summed E-state index contributed by atoms with van der Waals surface area (Å²) in [5.41, 5.74) is 1.97. The Morgan fingerprint density at radius 3 is 2.83 bits per heavy atom. The van der Waals surface area contributed by atoms with Crippen LogP contribution in [0.15, 0.2) is 24.3 Å². The highest BCUT2D eigenvalue weighted by Gasteiger charge is 2.42. The van der Waals surface area contributed by atoms with Gasteiger partial charge in [0.1, 0.15) is 11.6 Å². The number of fused-ring (bicyclic) bond motifs is 1. The number of aryl methyl sites for hydroxylation is 1. The molecule has 1 aromatic heterocycles. The normalized spacial score (nSPS) is 22.9. The van der Waals surface area contributed by atoms with E-state index in [0.29, 0.717) is 11.9 Å². The van der Waals surface area contributed by atoms with Gasteiger partial charge in [0.2, 0.25) is 5.91 Å². The number of benzene rings is 1. The number of hydrogen-bond donors (Lipinski definition) is 0. The Hall–Kier alpha value is -2.21. The molecule has 2 fully saturated rings. The number of nitrogens with zero attached hydrogens (tertiary/aromatic N) is 4. The van der Waals surface area contributed by atoms with Crippen molar-refractivity contribution >= 4 is 22.6 Å². The molecule has 1 amide bonds. The fourth-order valence-corrected chi connectivity index (χ4v) is 4.88. The van der Waals surface area contributed by atoms with Gasteiger partial charge in [-0.25, -0.2) is 9.37 Å². The second kappa shape index (κ2) is 7.90. The van der Waals surface area contributed by atoms with Crippen LogP contribution in [0.3, 0.4) is 0 Å². The molecule has 29 heavy (non-hydrogen) atoms. The molecule has 2 aliphatic heterocycles. The molecular weight excluding hydrogens is 367 g/mol. The van der Waals surface area contributed by atoms with Gasteiger partial charge in [-0.3, -0.25) is 4.79 Å². The van der Waals surface area contributed by atoms with E-state index < -0.39 is 0 Å². The number of anilines is 1. The summed E-state index contributed by atoms with van der Waals surface area (Å²) in [7, 11) is 4.09. The summed E-state index contributed by atoms with van der Waals surface area (Å²) in [6, 6.07) is 6.95. The van der Waals surface area contributed by atoms with Crippen LogP contribution in [-0.4, -0.2) is 67.5 Å². The van der Waals surface area contributed by atoms with Crippen molar-refractivity contribution in [3.8, 4) is 0 Å². The van der Waals surface area contributed by atoms with Crippen molar-refractivity contribution < 1.29 is 9.18 Å². The summed E-state index contributed by atoms with van der Waals surface area (Å²) in [5, 5.41) is 1.000. The minimum absolute atomic E-state index is 0.130. The number of rotatable bonds is 4. The molecule has 2 aromatic rings. The largest absolute Gasteiger partial charge is 0.356 e. The summed E-state index contributed by atoms with van der Waals surface area (Å²) in [4.78, 5) is 23.8. The molecule has 0 unspecified atom stereocenters. The quantitative estimate of drug-likeness (QED) is 0.791. The van der Waals surface area contributed by atoms with Gasteiger partial charge in [0.05, 0.1) is 5.52 Å². The first-order chi connectivity index (χ1) is 13.8. The summed E-state index contributed by atoms with van der Waals surface area (Å²) in [6.07, 6.45) is 3.83. The van der Waals surface area contributed by atoms with Crippen LogP contribution in [0.2, 0.25) is 0 Å². The number of aromatic nitrogens is 1. The summed E-state index contributed by atoms with van der Waals surface area (Å²) in [6.45, 7) is 6.44. The molecule has 1 aromatic carbocycles. The van der Waals surface area contributed by atoms with Crippen molar-refractivity contribution in [2.45, 2.75) is 32.6 Å². The van der Waals surface area contributed by atoms with E-state index in [1.807, 2.05) is 20.2 Å². The van der Waals surface area contributed by atoms with Gasteiger partial charge in [-0.15, -0.1) is 0 Å². The number of halogens is 1. The molecule has 2 aliphatic rings. The van der Waals surface area contributed by atoms with Gasteiger partial charge in [-0.05, 0) is 64.0 Å². The molecule has 0 radical (unpaired) electrons. The van der Waals surface area contributed by atoms with E-state index in [2.05, 4.69) is 27.7 Å². The van der Waals surface area contributed by atoms with Gasteiger partial charge in [-0.1, -0.05) is 0 Å². The zero-order chi connectivity index (χ0) is 20.6. The zero-order valence-corrected chi connectivity index (χ0v) is 17.7. The minimum atomic E-state index is -0.251. The number of carbonyl (C=O) groups excluding carboxylic acids is 1. The molecule has 3 heterocycles. The number of likely N-dealkylation sites (N-methyl/N-ethyl adjacent to an activating group) is 1. The lowest BCUT2D eigenvalue weighted by molar-refractivity contribution is -0.138. The van der Waals surface area contributed by atoms with Gasteiger partial charge in [0, 0.05) is 56.0 Å². The van der Waals surface area contributed by atoms with Gasteiger partial charge >= 0.3 is 0 Å². The van der Waals surface area contributed by atoms with Crippen molar-refractivity contribution in [1.29, 1.82) is 0 Å². The van der Waals surface area contributed by atoms with Crippen molar-refractivity contribution in [1.82, 2.24) is 14.8 Å². The van der Waals surface area contributed by atoms with Crippen LogP contribution in [0.25, 0.3) is 10.9 Å². The Morgan fingerprint density at radius 1 is 1.21 bits per heavy atom. The van der Waals surface area contributed by atoms with E-state index >= 15 is 0 Å². The van der Waals surface area contributed by atoms with E-state index in [1.54, 1.807) is 0 Å². The second-order valence-electron chi connectivity index (χ2n) is 9.10. The topological polar surface area (TPSA) is 39.7 Å². The number of piperidine rings is 2. The van der Waals surface area contributed by atoms with E-state index in [-0.39, 0.29) is 17.1 Å². The van der Waals surface area contributed by atoms with E-state index in [9.17, 15) is 9.18 Å². The predicted octanol–water partition coefficient (Wildman–Crippen LogP) is 3.45. The molecule has 0 N–H and O–H groups in total. The predicted molar refractivity (Wildman–Crippen MR) is 115 cm³/mol. The average Bonchev–Trinajstić information content (AvgIpc) is 2.68. The lowest BCUT2D eigenvalue weighted by Crippen LogP contribution is -2.55. The van der Waals surface area contributed by atoms with E-state index in [1.165, 1.54) is 12.1 Å². The monoisotopic (exact) mass is 398 g/mol. The molecule has 6 heteroatoms. The summed E-state index contributed by atoms with van der Waals surface area (Å²) >= 11 is 0. The molecule has 2 saturated heterocycles. The van der Waals surface area contributed by atoms with Crippen LogP contribution in [0.4, 0.5) is 10.2 Å². The van der Waals surface area contributed by atoms with Crippen LogP contribution in [-0.2, 0) is 4.79 Å². The maximum Gasteiger partial charge on any atom is 0.222 e. The van der Waals surface area contributed by atoms with Crippen molar-refractivity contribution in [2.24, 2.45) is 5.41 Å². The van der Waals surface area contributed by atoms with Crippen LogP contribution < -0.4 is 4.90 Å². The van der Waals surface area contributed by atoms with Crippen molar-refractivity contribution in [3.63, 3.8) is 0 Å². The Labute approximate surface area is 172 Å². The van der Waals surface area contributed by atoms with Gasteiger partial charge in [0.25, 0.3) is 0 Å². The van der Waals surface area contributed by atoms with Crippen molar-refractivity contribution in [2.75, 3.05) is 51.7 Å². The first-order valence-electron chi connectivity index (χ1n) is 10.6. The number of carbonyl (C=O) groups is 1. The Kier molecular flexibility index (Phi) is 5.47. The third-order valence-corrected chi connectivity index (χ3v) is 6.52. The fourth-order valence-electron chi connectivity index (χ4n) is 4.88. The Bertz CT molecular complexity index is 915. The minimum Gasteiger partial charge on any atom is -0.356 e. The standard InChI is InChI=1S/C23H31FN4O/c1-17-13-21(25-20-14-18(24)5-6-19(17)20)27-10-4-8-23(15-27)9-7-22(29)28(16-23)12-11-26(2)3/h5-6,13-14H,4,7-12,15-16H2,1-3H3/t23-/m1/s1. The first-order valence-corrected chi connectivity index (χ1v) is 10.6. The summed E-state index contributed by atoms with van der Waals surface area (Å²) in [5.74, 6) is 0.958. The lowest BCUT2D eigenvalue weighted by Gasteiger charge is -2.48. The molecule has 4 rings (SSSR count). The highest BCUT2D eigenvalue weighted by atomic mass is 19.1. The average molecular weight is 399 g/mol. The highest BCUT2D eigenvalue weighted by molar-refractivity contribution is 5.84. The first kappa shape index (κ1) is 20.1. The van der Waals surface area contributed by atoms with Crippen LogP contribution in [0.1, 0.15) is 31.2 Å². The molecular formula is C23H31FN4O. The Balaban J connectivity index is 1.56. The smallest absolute Gasteiger partial charge is 0.222 e. The maximum atomic E-state index is 13.7. The fraction of sp³-hybridized carbons (Fsp3) is 0.565. The number of hydrogen-bond acceptors (Lipinski definition) is 4. The van der Waals surface area contributed by atoms with Crippen LogP contribution in [0.5, 0.6) is 0 Å². The highest BCUT2D eigenvalue weighted by Crippen LogP contribution is 2.40. The Morgan fingerprint density at radius 2 is 2.03 bits per heavy atom. The summed E-state index contributed by atoms with van der Waals surface area (Å²) < 4.78 is 13.7.